The predicted molar refractivity (Wildman–Crippen MR) is 58.3 cm³/mol. The Morgan fingerprint density at radius 1 is 1.20 bits per heavy atom. The molecular weight excluding hydrogens is 192 g/mol. The highest BCUT2D eigenvalue weighted by Crippen LogP contribution is 2.09. The van der Waals surface area contributed by atoms with Gasteiger partial charge in [0.05, 0.1) is 0 Å². The van der Waals surface area contributed by atoms with E-state index in [1.807, 2.05) is 6.92 Å². The van der Waals surface area contributed by atoms with Gasteiger partial charge >= 0.3 is 0 Å². The molecule has 0 bridgehead atoms. The van der Waals surface area contributed by atoms with Crippen LogP contribution in [0.5, 0.6) is 0 Å². The lowest BCUT2D eigenvalue weighted by Gasteiger charge is -2.26. The number of amides is 2. The summed E-state index contributed by atoms with van der Waals surface area (Å²) < 4.78 is 0. The molecule has 0 aromatic rings. The Balaban J connectivity index is 2.24. The third-order valence-corrected chi connectivity index (χ3v) is 2.59. The largest absolute Gasteiger partial charge is 0.356 e. The summed E-state index contributed by atoms with van der Waals surface area (Å²) >= 11 is 0. The summed E-state index contributed by atoms with van der Waals surface area (Å²) in [5, 5.41) is 2.72. The molecule has 1 aliphatic heterocycles. The first-order chi connectivity index (χ1) is 7.24. The average Bonchev–Trinajstić information content (AvgIpc) is 2.27. The van der Waals surface area contributed by atoms with E-state index in [0.29, 0.717) is 6.54 Å². The number of nitrogens with zero attached hydrogens (tertiary/aromatic N) is 1. The zero-order valence-electron chi connectivity index (χ0n) is 9.42. The molecule has 1 N–H and O–H groups in total. The number of hydrogen-bond donors (Lipinski definition) is 1. The van der Waals surface area contributed by atoms with Crippen molar-refractivity contribution in [3.8, 4) is 0 Å². The Bertz CT molecular complexity index is 223. The van der Waals surface area contributed by atoms with Gasteiger partial charge in [0, 0.05) is 19.6 Å². The van der Waals surface area contributed by atoms with Crippen molar-refractivity contribution in [3.63, 3.8) is 0 Å². The molecule has 15 heavy (non-hydrogen) atoms. The van der Waals surface area contributed by atoms with E-state index in [0.717, 1.165) is 32.4 Å². The van der Waals surface area contributed by atoms with E-state index in [-0.39, 0.29) is 18.2 Å². The molecule has 1 saturated heterocycles. The normalized spacial score (nSPS) is 16.2. The Hall–Kier alpha value is -1.06. The number of carbonyl (C=O) groups is 2. The molecule has 2 amide bonds. The first-order valence-corrected chi connectivity index (χ1v) is 5.78. The Kier molecular flexibility index (Phi) is 5.15. The van der Waals surface area contributed by atoms with E-state index in [2.05, 4.69) is 5.32 Å². The van der Waals surface area contributed by atoms with Gasteiger partial charge in [0.2, 0.25) is 11.8 Å². The summed E-state index contributed by atoms with van der Waals surface area (Å²) in [6.07, 6.45) is 4.26. The fraction of sp³-hybridized carbons (Fsp3) is 0.818. The van der Waals surface area contributed by atoms with Crippen molar-refractivity contribution in [1.29, 1.82) is 0 Å². The first kappa shape index (κ1) is 12.0. The highest BCUT2D eigenvalue weighted by Gasteiger charge is 2.18. The Morgan fingerprint density at radius 3 is 2.47 bits per heavy atom. The van der Waals surface area contributed by atoms with Crippen LogP contribution in [0, 0.1) is 0 Å². The van der Waals surface area contributed by atoms with Crippen molar-refractivity contribution in [1.82, 2.24) is 10.2 Å². The van der Waals surface area contributed by atoms with Crippen LogP contribution in [0.1, 0.15) is 39.0 Å². The van der Waals surface area contributed by atoms with Crippen LogP contribution in [-0.2, 0) is 9.59 Å². The maximum atomic E-state index is 11.6. The molecule has 4 heteroatoms. The van der Waals surface area contributed by atoms with Crippen LogP contribution in [0.2, 0.25) is 0 Å². The van der Waals surface area contributed by atoms with E-state index in [1.165, 1.54) is 6.42 Å². The minimum absolute atomic E-state index is 0.0139. The van der Waals surface area contributed by atoms with Crippen molar-refractivity contribution in [2.75, 3.05) is 19.6 Å². The summed E-state index contributed by atoms with van der Waals surface area (Å²) in [7, 11) is 0. The Morgan fingerprint density at radius 2 is 1.87 bits per heavy atom. The van der Waals surface area contributed by atoms with Gasteiger partial charge in [-0.1, -0.05) is 6.92 Å². The maximum absolute atomic E-state index is 11.6. The lowest BCUT2D eigenvalue weighted by Crippen LogP contribution is -2.38. The van der Waals surface area contributed by atoms with Gasteiger partial charge in [0.1, 0.15) is 6.42 Å². The van der Waals surface area contributed by atoms with Gasteiger partial charge in [0.15, 0.2) is 0 Å². The van der Waals surface area contributed by atoms with Gasteiger partial charge in [0.25, 0.3) is 0 Å². The van der Waals surface area contributed by atoms with Crippen molar-refractivity contribution >= 4 is 11.8 Å². The second-order valence-electron chi connectivity index (χ2n) is 3.97. The summed E-state index contributed by atoms with van der Waals surface area (Å²) in [4.78, 5) is 24.7. The molecule has 0 aromatic heterocycles. The minimum Gasteiger partial charge on any atom is -0.356 e. The average molecular weight is 212 g/mol. The third kappa shape index (κ3) is 4.32. The van der Waals surface area contributed by atoms with Gasteiger partial charge in [-0.3, -0.25) is 9.59 Å². The molecule has 0 radical (unpaired) electrons. The summed E-state index contributed by atoms with van der Waals surface area (Å²) in [6.45, 7) is 4.29. The molecule has 1 aliphatic rings. The lowest BCUT2D eigenvalue weighted by molar-refractivity contribution is -0.136. The Labute approximate surface area is 91.0 Å². The first-order valence-electron chi connectivity index (χ1n) is 5.78. The minimum atomic E-state index is -0.146. The van der Waals surface area contributed by atoms with Gasteiger partial charge in [-0.15, -0.1) is 0 Å². The fourth-order valence-electron chi connectivity index (χ4n) is 1.72. The van der Waals surface area contributed by atoms with E-state index < -0.39 is 0 Å². The number of nitrogens with one attached hydrogen (secondary N) is 1. The number of likely N-dealkylation sites (tertiary alicyclic amines) is 1. The van der Waals surface area contributed by atoms with E-state index in [1.54, 1.807) is 4.90 Å². The van der Waals surface area contributed by atoms with Gasteiger partial charge in [-0.25, -0.2) is 0 Å². The molecule has 1 fully saturated rings. The summed E-state index contributed by atoms with van der Waals surface area (Å²) in [5.41, 5.74) is 0. The highest BCUT2D eigenvalue weighted by atomic mass is 16.2. The van der Waals surface area contributed by atoms with Gasteiger partial charge < -0.3 is 10.2 Å². The van der Waals surface area contributed by atoms with Crippen LogP contribution in [0.3, 0.4) is 0 Å². The quantitative estimate of drug-likeness (QED) is 0.704. The molecular formula is C11H20N2O2. The second kappa shape index (κ2) is 6.43. The molecule has 0 aromatic carbocycles. The van der Waals surface area contributed by atoms with E-state index in [4.69, 9.17) is 0 Å². The molecule has 4 nitrogen and oxygen atoms in total. The van der Waals surface area contributed by atoms with Crippen LogP contribution in [0.25, 0.3) is 0 Å². The molecule has 0 saturated carbocycles. The monoisotopic (exact) mass is 212 g/mol. The molecule has 1 heterocycles. The molecule has 0 unspecified atom stereocenters. The summed E-state index contributed by atoms with van der Waals surface area (Å²) in [6, 6.07) is 0. The fourth-order valence-corrected chi connectivity index (χ4v) is 1.72. The van der Waals surface area contributed by atoms with Crippen LogP contribution >= 0.6 is 0 Å². The molecule has 1 rings (SSSR count). The number of carbonyl (C=O) groups excluding carboxylic acids is 2. The van der Waals surface area contributed by atoms with Crippen LogP contribution in [-0.4, -0.2) is 36.3 Å². The zero-order valence-corrected chi connectivity index (χ0v) is 9.42. The van der Waals surface area contributed by atoms with Crippen molar-refractivity contribution in [2.45, 2.75) is 39.0 Å². The maximum Gasteiger partial charge on any atom is 0.232 e. The van der Waals surface area contributed by atoms with E-state index in [9.17, 15) is 9.59 Å². The third-order valence-electron chi connectivity index (χ3n) is 2.59. The topological polar surface area (TPSA) is 49.4 Å². The van der Waals surface area contributed by atoms with Gasteiger partial charge in [-0.2, -0.15) is 0 Å². The van der Waals surface area contributed by atoms with Crippen LogP contribution < -0.4 is 5.32 Å². The zero-order chi connectivity index (χ0) is 11.1. The molecule has 0 atom stereocenters. The second-order valence-corrected chi connectivity index (χ2v) is 3.97. The van der Waals surface area contributed by atoms with Gasteiger partial charge in [-0.05, 0) is 25.7 Å². The van der Waals surface area contributed by atoms with Crippen LogP contribution in [0.15, 0.2) is 0 Å². The predicted octanol–water partition coefficient (Wildman–Crippen LogP) is 0.915. The smallest absolute Gasteiger partial charge is 0.232 e. The molecule has 0 aliphatic carbocycles. The SMILES string of the molecule is CCCNC(=O)CC(=O)N1CCCCC1. The van der Waals surface area contributed by atoms with E-state index >= 15 is 0 Å². The molecule has 86 valence electrons. The molecule has 0 spiro atoms. The van der Waals surface area contributed by atoms with Crippen molar-refractivity contribution < 1.29 is 9.59 Å². The standard InChI is InChI=1S/C11H20N2O2/c1-2-6-12-10(14)9-11(15)13-7-4-3-5-8-13/h2-9H2,1H3,(H,12,14). The number of piperidine rings is 1. The van der Waals surface area contributed by atoms with Crippen molar-refractivity contribution in [2.24, 2.45) is 0 Å². The number of rotatable bonds is 4. The van der Waals surface area contributed by atoms with Crippen LogP contribution in [0.4, 0.5) is 0 Å². The highest BCUT2D eigenvalue weighted by molar-refractivity contribution is 5.96. The number of hydrogen-bond acceptors (Lipinski definition) is 2. The van der Waals surface area contributed by atoms with Crippen molar-refractivity contribution in [3.05, 3.63) is 0 Å². The lowest BCUT2D eigenvalue weighted by atomic mass is 10.1. The summed E-state index contributed by atoms with van der Waals surface area (Å²) in [5.74, 6) is -0.171.